The number of hydrogen-bond donors (Lipinski definition) is 2. The Bertz CT molecular complexity index is 313. The van der Waals surface area contributed by atoms with E-state index in [9.17, 15) is 0 Å². The summed E-state index contributed by atoms with van der Waals surface area (Å²) in [5.74, 6) is 0. The molecule has 1 aromatic heterocycles. The molecule has 0 aliphatic heterocycles. The Kier molecular flexibility index (Phi) is 3.44. The van der Waals surface area contributed by atoms with Gasteiger partial charge in [0, 0.05) is 6.54 Å². The van der Waals surface area contributed by atoms with Crippen LogP contribution < -0.4 is 5.32 Å². The molecule has 0 saturated heterocycles. The van der Waals surface area contributed by atoms with E-state index in [1.54, 1.807) is 0 Å². The Morgan fingerprint density at radius 2 is 2.31 bits per heavy atom. The molecule has 74 valence electrons. The average molecular weight is 217 g/mol. The van der Waals surface area contributed by atoms with Crippen LogP contribution in [-0.4, -0.2) is 16.7 Å². The molecule has 0 unspecified atom stereocenters. The number of aromatic amines is 1. The van der Waals surface area contributed by atoms with Gasteiger partial charge in [0.15, 0.2) is 3.95 Å². The van der Waals surface area contributed by atoms with Crippen molar-refractivity contribution in [1.29, 1.82) is 0 Å². The minimum Gasteiger partial charge on any atom is -0.360 e. The second-order valence-electron chi connectivity index (χ2n) is 3.79. The topological polar surface area (TPSA) is 40.7 Å². The van der Waals surface area contributed by atoms with Crippen molar-refractivity contribution in [2.24, 2.45) is 5.41 Å². The van der Waals surface area contributed by atoms with Crippen LogP contribution in [0, 0.1) is 9.37 Å². The first-order valence-electron chi connectivity index (χ1n) is 4.33. The molecular weight excluding hydrogens is 202 g/mol. The van der Waals surface area contributed by atoms with E-state index < -0.39 is 0 Å². The van der Waals surface area contributed by atoms with Crippen molar-refractivity contribution in [2.45, 2.75) is 27.2 Å². The monoisotopic (exact) mass is 217 g/mol. The first-order valence-corrected chi connectivity index (χ1v) is 5.55. The molecule has 2 N–H and O–H groups in total. The summed E-state index contributed by atoms with van der Waals surface area (Å²) in [7, 11) is 0. The van der Waals surface area contributed by atoms with Gasteiger partial charge in [-0.1, -0.05) is 32.1 Å². The van der Waals surface area contributed by atoms with Crippen molar-refractivity contribution in [3.63, 3.8) is 0 Å². The van der Waals surface area contributed by atoms with Crippen LogP contribution in [-0.2, 0) is 0 Å². The summed E-state index contributed by atoms with van der Waals surface area (Å²) in [6, 6.07) is 0. The third-order valence-corrected chi connectivity index (χ3v) is 3.16. The summed E-state index contributed by atoms with van der Waals surface area (Å²) in [5, 5.41) is 10.9. The number of nitrogens with zero attached hydrogens (tertiary/aromatic N) is 1. The maximum absolute atomic E-state index is 4.93. The summed E-state index contributed by atoms with van der Waals surface area (Å²) in [6.07, 6.45) is 1.15. The van der Waals surface area contributed by atoms with E-state index >= 15 is 0 Å². The van der Waals surface area contributed by atoms with Gasteiger partial charge < -0.3 is 5.32 Å². The van der Waals surface area contributed by atoms with E-state index in [1.165, 1.54) is 11.3 Å². The fourth-order valence-electron chi connectivity index (χ4n) is 0.745. The maximum atomic E-state index is 4.93. The Morgan fingerprint density at radius 3 is 2.77 bits per heavy atom. The van der Waals surface area contributed by atoms with E-state index in [4.69, 9.17) is 12.2 Å². The third kappa shape index (κ3) is 3.44. The van der Waals surface area contributed by atoms with Gasteiger partial charge in [-0.3, -0.25) is 5.10 Å². The highest BCUT2D eigenvalue weighted by Crippen LogP contribution is 2.21. The van der Waals surface area contributed by atoms with Gasteiger partial charge >= 0.3 is 0 Å². The molecule has 0 bridgehead atoms. The Hall–Kier alpha value is -0.420. The predicted octanol–water partition coefficient (Wildman–Crippen LogP) is 3.05. The molecular formula is C8H15N3S2. The second-order valence-corrected chi connectivity index (χ2v) is 5.46. The maximum Gasteiger partial charge on any atom is 0.204 e. The van der Waals surface area contributed by atoms with Gasteiger partial charge in [0.1, 0.15) is 0 Å². The van der Waals surface area contributed by atoms with Gasteiger partial charge in [0.05, 0.1) is 0 Å². The molecule has 13 heavy (non-hydrogen) atoms. The minimum atomic E-state index is 0.313. The second kappa shape index (κ2) is 4.19. The van der Waals surface area contributed by atoms with E-state index in [0.29, 0.717) is 5.41 Å². The zero-order valence-corrected chi connectivity index (χ0v) is 9.81. The molecule has 0 aromatic carbocycles. The summed E-state index contributed by atoms with van der Waals surface area (Å²) >= 11 is 6.41. The summed E-state index contributed by atoms with van der Waals surface area (Å²) in [4.78, 5) is 0. The van der Waals surface area contributed by atoms with E-state index in [0.717, 1.165) is 22.1 Å². The van der Waals surface area contributed by atoms with E-state index in [1.807, 2.05) is 0 Å². The molecule has 0 fully saturated rings. The Morgan fingerprint density at radius 1 is 1.62 bits per heavy atom. The van der Waals surface area contributed by atoms with Crippen LogP contribution in [0.25, 0.3) is 0 Å². The smallest absolute Gasteiger partial charge is 0.204 e. The number of hydrogen-bond acceptors (Lipinski definition) is 4. The number of rotatable bonds is 4. The van der Waals surface area contributed by atoms with Crippen molar-refractivity contribution in [2.75, 3.05) is 11.9 Å². The zero-order valence-electron chi connectivity index (χ0n) is 8.18. The third-order valence-electron chi connectivity index (χ3n) is 2.11. The highest BCUT2D eigenvalue weighted by atomic mass is 32.1. The molecule has 0 aliphatic carbocycles. The van der Waals surface area contributed by atoms with Crippen LogP contribution in [0.1, 0.15) is 27.2 Å². The molecule has 0 radical (unpaired) electrons. The lowest BCUT2D eigenvalue weighted by molar-refractivity contribution is 0.377. The number of nitrogens with one attached hydrogen (secondary N) is 2. The van der Waals surface area contributed by atoms with E-state index in [2.05, 4.69) is 36.3 Å². The van der Waals surface area contributed by atoms with Gasteiger partial charge in [-0.2, -0.15) is 0 Å². The quantitative estimate of drug-likeness (QED) is 0.762. The molecule has 1 rings (SSSR count). The lowest BCUT2D eigenvalue weighted by Crippen LogP contribution is -2.21. The molecule has 5 heteroatoms. The van der Waals surface area contributed by atoms with Crippen molar-refractivity contribution in [1.82, 2.24) is 10.2 Å². The van der Waals surface area contributed by atoms with Gasteiger partial charge in [-0.05, 0) is 24.1 Å². The fourth-order valence-corrected chi connectivity index (χ4v) is 1.53. The molecule has 1 heterocycles. The summed E-state index contributed by atoms with van der Waals surface area (Å²) in [6.45, 7) is 7.58. The summed E-state index contributed by atoms with van der Waals surface area (Å²) < 4.78 is 0.719. The molecule has 3 nitrogen and oxygen atoms in total. The van der Waals surface area contributed by atoms with Crippen LogP contribution in [0.15, 0.2) is 0 Å². The highest BCUT2D eigenvalue weighted by molar-refractivity contribution is 7.73. The first kappa shape index (κ1) is 10.7. The number of aromatic nitrogens is 2. The molecule has 0 amide bonds. The average Bonchev–Trinajstić information content (AvgIpc) is 2.48. The van der Waals surface area contributed by atoms with Crippen LogP contribution >= 0.6 is 23.6 Å². The largest absolute Gasteiger partial charge is 0.360 e. The SMILES string of the molecule is CCC(C)(C)CNc1n[nH]c(=S)s1. The number of H-pyrrole nitrogens is 1. The molecule has 1 aromatic rings. The molecule has 0 saturated carbocycles. The zero-order chi connectivity index (χ0) is 9.90. The minimum absolute atomic E-state index is 0.313. The fraction of sp³-hybridized carbons (Fsp3) is 0.750. The van der Waals surface area contributed by atoms with Gasteiger partial charge in [0.25, 0.3) is 0 Å². The van der Waals surface area contributed by atoms with Crippen LogP contribution in [0.2, 0.25) is 0 Å². The molecule has 0 spiro atoms. The van der Waals surface area contributed by atoms with Crippen molar-refractivity contribution >= 4 is 28.7 Å². The lowest BCUT2D eigenvalue weighted by Gasteiger charge is -2.22. The molecule has 0 atom stereocenters. The van der Waals surface area contributed by atoms with Gasteiger partial charge in [-0.15, -0.1) is 5.10 Å². The first-order chi connectivity index (χ1) is 6.03. The van der Waals surface area contributed by atoms with Crippen molar-refractivity contribution < 1.29 is 0 Å². The van der Waals surface area contributed by atoms with Crippen molar-refractivity contribution in [3.05, 3.63) is 3.95 Å². The Balaban J connectivity index is 2.48. The standard InChI is InChI=1S/C8H15N3S2/c1-4-8(2,3)5-9-6-10-11-7(12)13-6/h4-5H2,1-3H3,(H,9,10)(H,11,12). The predicted molar refractivity (Wildman–Crippen MR) is 59.9 cm³/mol. The van der Waals surface area contributed by atoms with Gasteiger partial charge in [0.2, 0.25) is 5.13 Å². The van der Waals surface area contributed by atoms with Crippen LogP contribution in [0.5, 0.6) is 0 Å². The van der Waals surface area contributed by atoms with Gasteiger partial charge in [-0.25, -0.2) is 0 Å². The summed E-state index contributed by atoms with van der Waals surface area (Å²) in [5.41, 5.74) is 0.313. The Labute approximate surface area is 87.6 Å². The molecule has 0 aliphatic rings. The lowest BCUT2D eigenvalue weighted by atomic mass is 9.90. The van der Waals surface area contributed by atoms with Crippen LogP contribution in [0.3, 0.4) is 0 Å². The number of anilines is 1. The van der Waals surface area contributed by atoms with Crippen LogP contribution in [0.4, 0.5) is 5.13 Å². The van der Waals surface area contributed by atoms with Crippen molar-refractivity contribution in [3.8, 4) is 0 Å². The van der Waals surface area contributed by atoms with E-state index in [-0.39, 0.29) is 0 Å². The normalized spacial score (nSPS) is 11.6. The highest BCUT2D eigenvalue weighted by Gasteiger charge is 2.14.